The van der Waals surface area contributed by atoms with E-state index in [1.54, 1.807) is 4.90 Å². The fraction of sp³-hybridized carbons (Fsp3) is 0.583. The topological polar surface area (TPSA) is 64.5 Å². The number of methoxy groups -OCH3 is 1. The average Bonchev–Trinajstić information content (AvgIpc) is 2.42. The number of ether oxygens (including phenoxy) is 2. The molecule has 1 amide bonds. The summed E-state index contributed by atoms with van der Waals surface area (Å²) in [5.41, 5.74) is 0. The summed E-state index contributed by atoms with van der Waals surface area (Å²) < 4.78 is 10.5. The van der Waals surface area contributed by atoms with Gasteiger partial charge in [0, 0.05) is 13.7 Å². The molecule has 0 aliphatic carbocycles. The molecule has 1 aliphatic rings. The lowest BCUT2D eigenvalue weighted by atomic mass is 10.1. The van der Waals surface area contributed by atoms with Gasteiger partial charge in [-0.25, -0.2) is 9.97 Å². The molecule has 0 radical (unpaired) electrons. The Hall–Kier alpha value is -1.40. The minimum atomic E-state index is -0.0873. The number of hydrogen-bond donors (Lipinski definition) is 0. The second-order valence-electron chi connectivity index (χ2n) is 4.34. The van der Waals surface area contributed by atoms with Crippen molar-refractivity contribution in [2.75, 3.05) is 26.8 Å². The maximum Gasteiger partial charge on any atom is 0.316 e. The van der Waals surface area contributed by atoms with E-state index in [1.807, 2.05) is 0 Å². The van der Waals surface area contributed by atoms with Gasteiger partial charge in [0.05, 0.1) is 24.0 Å². The van der Waals surface area contributed by atoms with E-state index in [4.69, 9.17) is 21.1 Å². The zero-order valence-corrected chi connectivity index (χ0v) is 11.5. The van der Waals surface area contributed by atoms with Crippen LogP contribution in [0.3, 0.4) is 0 Å². The second kappa shape index (κ2) is 6.68. The molecule has 1 aliphatic heterocycles. The number of rotatable bonds is 4. The Morgan fingerprint density at radius 3 is 2.95 bits per heavy atom. The van der Waals surface area contributed by atoms with Crippen LogP contribution in [0.25, 0.3) is 0 Å². The lowest BCUT2D eigenvalue weighted by Crippen LogP contribution is -2.45. The number of aromatic nitrogens is 2. The molecule has 1 aromatic rings. The van der Waals surface area contributed by atoms with Crippen molar-refractivity contribution >= 4 is 17.5 Å². The summed E-state index contributed by atoms with van der Waals surface area (Å²) in [4.78, 5) is 21.5. The van der Waals surface area contributed by atoms with E-state index >= 15 is 0 Å². The first-order chi connectivity index (χ1) is 9.19. The lowest BCUT2D eigenvalue weighted by Gasteiger charge is -2.32. The number of nitrogens with zero attached hydrogens (tertiary/aromatic N) is 3. The Morgan fingerprint density at radius 2 is 2.26 bits per heavy atom. The van der Waals surface area contributed by atoms with Gasteiger partial charge in [-0.05, 0) is 12.8 Å². The predicted molar refractivity (Wildman–Crippen MR) is 69.1 cm³/mol. The third-order valence-corrected chi connectivity index (χ3v) is 3.06. The number of halogens is 1. The molecular formula is C12H16ClN3O3. The molecule has 1 fully saturated rings. The van der Waals surface area contributed by atoms with E-state index in [-0.39, 0.29) is 24.6 Å². The zero-order valence-electron chi connectivity index (χ0n) is 10.7. The summed E-state index contributed by atoms with van der Waals surface area (Å²) in [6, 6.07) is 0.287. The summed E-state index contributed by atoms with van der Waals surface area (Å²) in [5, 5.41) is 0.466. The van der Waals surface area contributed by atoms with Gasteiger partial charge in [0.1, 0.15) is 12.7 Å². The van der Waals surface area contributed by atoms with Crippen LogP contribution >= 0.6 is 11.6 Å². The van der Waals surface area contributed by atoms with Crippen LogP contribution in [0.4, 0.5) is 0 Å². The van der Waals surface area contributed by atoms with Crippen molar-refractivity contribution in [2.24, 2.45) is 0 Å². The summed E-state index contributed by atoms with van der Waals surface area (Å²) in [6.45, 7) is 1.38. The molecule has 1 aromatic heterocycles. The molecule has 1 atom stereocenters. The minimum absolute atomic E-state index is 0.0205. The van der Waals surface area contributed by atoms with Crippen LogP contribution in [0.2, 0.25) is 5.02 Å². The van der Waals surface area contributed by atoms with Gasteiger partial charge >= 0.3 is 6.01 Å². The van der Waals surface area contributed by atoms with Crippen molar-refractivity contribution in [3.8, 4) is 6.01 Å². The van der Waals surface area contributed by atoms with Crippen molar-refractivity contribution in [3.05, 3.63) is 17.4 Å². The molecule has 19 heavy (non-hydrogen) atoms. The minimum Gasteiger partial charge on any atom is -0.458 e. The Bertz CT molecular complexity index is 427. The van der Waals surface area contributed by atoms with Crippen molar-refractivity contribution in [1.29, 1.82) is 0 Å². The van der Waals surface area contributed by atoms with E-state index in [9.17, 15) is 4.79 Å². The highest BCUT2D eigenvalue weighted by molar-refractivity contribution is 6.30. The van der Waals surface area contributed by atoms with Crippen molar-refractivity contribution in [2.45, 2.75) is 18.9 Å². The van der Waals surface area contributed by atoms with E-state index in [0.29, 0.717) is 11.6 Å². The van der Waals surface area contributed by atoms with Crippen LogP contribution < -0.4 is 4.74 Å². The number of piperidine rings is 1. The second-order valence-corrected chi connectivity index (χ2v) is 4.78. The number of carbonyl (C=O) groups is 1. The van der Waals surface area contributed by atoms with Gasteiger partial charge in [0.2, 0.25) is 5.91 Å². The van der Waals surface area contributed by atoms with Crippen LogP contribution in [-0.2, 0) is 9.53 Å². The third-order valence-electron chi connectivity index (χ3n) is 2.87. The molecule has 2 rings (SSSR count). The molecule has 6 nitrogen and oxygen atoms in total. The van der Waals surface area contributed by atoms with Crippen LogP contribution in [0, 0.1) is 0 Å². The Kier molecular flexibility index (Phi) is 4.93. The van der Waals surface area contributed by atoms with Gasteiger partial charge in [-0.1, -0.05) is 11.6 Å². The van der Waals surface area contributed by atoms with Crippen molar-refractivity contribution in [1.82, 2.24) is 14.9 Å². The van der Waals surface area contributed by atoms with Gasteiger partial charge in [-0.3, -0.25) is 4.79 Å². The molecule has 1 saturated heterocycles. The highest BCUT2D eigenvalue weighted by Crippen LogP contribution is 2.16. The zero-order chi connectivity index (χ0) is 13.7. The quantitative estimate of drug-likeness (QED) is 0.830. The Labute approximate surface area is 116 Å². The van der Waals surface area contributed by atoms with Crippen molar-refractivity contribution in [3.63, 3.8) is 0 Å². The molecule has 0 bridgehead atoms. The van der Waals surface area contributed by atoms with E-state index in [1.165, 1.54) is 19.5 Å². The maximum atomic E-state index is 11.7. The molecule has 0 aromatic carbocycles. The molecule has 7 heteroatoms. The average molecular weight is 286 g/mol. The third kappa shape index (κ3) is 4.04. The van der Waals surface area contributed by atoms with Crippen LogP contribution in [0.1, 0.15) is 12.8 Å². The van der Waals surface area contributed by atoms with Crippen LogP contribution in [0.15, 0.2) is 12.4 Å². The van der Waals surface area contributed by atoms with E-state index in [2.05, 4.69) is 9.97 Å². The maximum absolute atomic E-state index is 11.7. The summed E-state index contributed by atoms with van der Waals surface area (Å²) in [6.07, 6.45) is 4.66. The van der Waals surface area contributed by atoms with Gasteiger partial charge in [0.25, 0.3) is 0 Å². The lowest BCUT2D eigenvalue weighted by molar-refractivity contribution is -0.137. The summed E-state index contributed by atoms with van der Waals surface area (Å²) in [5.74, 6) is -0.0205. The van der Waals surface area contributed by atoms with E-state index in [0.717, 1.165) is 19.4 Å². The van der Waals surface area contributed by atoms with Gasteiger partial charge < -0.3 is 14.4 Å². The summed E-state index contributed by atoms with van der Waals surface area (Å²) in [7, 11) is 1.51. The standard InChI is InChI=1S/C12H16ClN3O3/c1-18-8-11(17)16-4-2-3-10(7-16)19-12-14-5-9(13)6-15-12/h5-6,10H,2-4,7-8H2,1H3. The first-order valence-corrected chi connectivity index (χ1v) is 6.47. The van der Waals surface area contributed by atoms with Gasteiger partial charge in [0.15, 0.2) is 0 Å². The van der Waals surface area contributed by atoms with Crippen molar-refractivity contribution < 1.29 is 14.3 Å². The summed E-state index contributed by atoms with van der Waals surface area (Å²) >= 11 is 5.71. The molecule has 0 saturated carbocycles. The monoisotopic (exact) mass is 285 g/mol. The Balaban J connectivity index is 1.90. The first-order valence-electron chi connectivity index (χ1n) is 6.10. The molecule has 0 spiro atoms. The molecular weight excluding hydrogens is 270 g/mol. The number of likely N-dealkylation sites (tertiary alicyclic amines) is 1. The molecule has 104 valence electrons. The van der Waals surface area contributed by atoms with Crippen LogP contribution in [-0.4, -0.2) is 53.7 Å². The molecule has 1 unspecified atom stereocenters. The highest BCUT2D eigenvalue weighted by atomic mass is 35.5. The van der Waals surface area contributed by atoms with Crippen LogP contribution in [0.5, 0.6) is 6.01 Å². The fourth-order valence-corrected chi connectivity index (χ4v) is 2.08. The van der Waals surface area contributed by atoms with E-state index < -0.39 is 0 Å². The molecule has 2 heterocycles. The van der Waals surface area contributed by atoms with Gasteiger partial charge in [-0.15, -0.1) is 0 Å². The largest absolute Gasteiger partial charge is 0.458 e. The first kappa shape index (κ1) is 14.0. The fourth-order valence-electron chi connectivity index (χ4n) is 1.99. The highest BCUT2D eigenvalue weighted by Gasteiger charge is 2.25. The number of amides is 1. The number of carbonyl (C=O) groups excluding carboxylic acids is 1. The SMILES string of the molecule is COCC(=O)N1CCCC(Oc2ncc(Cl)cn2)C1. The Morgan fingerprint density at radius 1 is 1.53 bits per heavy atom. The smallest absolute Gasteiger partial charge is 0.316 e. The number of hydrogen-bond acceptors (Lipinski definition) is 5. The van der Waals surface area contributed by atoms with Gasteiger partial charge in [-0.2, -0.15) is 0 Å². The molecule has 0 N–H and O–H groups in total. The predicted octanol–water partition coefficient (Wildman–Crippen LogP) is 1.15. The normalized spacial score (nSPS) is 19.3.